The number of rotatable bonds is 5. The van der Waals surface area contributed by atoms with E-state index in [2.05, 4.69) is 5.32 Å². The largest absolute Gasteiger partial charge is 0.433 e. The van der Waals surface area contributed by atoms with Crippen LogP contribution in [0.2, 0.25) is 0 Å². The van der Waals surface area contributed by atoms with Gasteiger partial charge in [-0.15, -0.1) is 0 Å². The van der Waals surface area contributed by atoms with Crippen molar-refractivity contribution in [3.05, 3.63) is 51.8 Å². The van der Waals surface area contributed by atoms with Crippen LogP contribution in [0.5, 0.6) is 0 Å². The summed E-state index contributed by atoms with van der Waals surface area (Å²) >= 11 is 0. The molecule has 2 heterocycles. The SMILES string of the molecule is Cc1ccc(S(=O)(=O)N2CCCCC2)cc1NC(=O)c1ccc([N+](=O)[O-])o1. The summed E-state index contributed by atoms with van der Waals surface area (Å²) in [4.78, 5) is 22.3. The monoisotopic (exact) mass is 393 g/mol. The van der Waals surface area contributed by atoms with Gasteiger partial charge in [-0.3, -0.25) is 14.9 Å². The van der Waals surface area contributed by atoms with E-state index < -0.39 is 26.7 Å². The topological polar surface area (TPSA) is 123 Å². The molecule has 1 aromatic heterocycles. The van der Waals surface area contributed by atoms with E-state index in [9.17, 15) is 23.3 Å². The minimum absolute atomic E-state index is 0.0933. The highest BCUT2D eigenvalue weighted by Crippen LogP contribution is 2.26. The summed E-state index contributed by atoms with van der Waals surface area (Å²) in [7, 11) is -3.64. The van der Waals surface area contributed by atoms with Crippen LogP contribution in [-0.2, 0) is 10.0 Å². The number of amides is 1. The van der Waals surface area contributed by atoms with E-state index in [1.54, 1.807) is 13.0 Å². The van der Waals surface area contributed by atoms with Gasteiger partial charge in [0.25, 0.3) is 5.91 Å². The van der Waals surface area contributed by atoms with Gasteiger partial charge in [0.2, 0.25) is 10.0 Å². The number of hydrogen-bond acceptors (Lipinski definition) is 6. The maximum Gasteiger partial charge on any atom is 0.433 e. The van der Waals surface area contributed by atoms with Gasteiger partial charge >= 0.3 is 5.88 Å². The Balaban J connectivity index is 1.84. The molecule has 1 N–H and O–H groups in total. The van der Waals surface area contributed by atoms with Crippen LogP contribution >= 0.6 is 0 Å². The highest BCUT2D eigenvalue weighted by Gasteiger charge is 2.27. The first-order valence-corrected chi connectivity index (χ1v) is 9.89. The van der Waals surface area contributed by atoms with Crippen LogP contribution in [-0.4, -0.2) is 36.6 Å². The van der Waals surface area contributed by atoms with Crippen LogP contribution in [0.3, 0.4) is 0 Å². The lowest BCUT2D eigenvalue weighted by molar-refractivity contribution is -0.402. The van der Waals surface area contributed by atoms with E-state index in [4.69, 9.17) is 4.42 Å². The van der Waals surface area contributed by atoms with Gasteiger partial charge in [-0.05, 0) is 43.5 Å². The van der Waals surface area contributed by atoms with Crippen LogP contribution in [0, 0.1) is 17.0 Å². The zero-order valence-electron chi connectivity index (χ0n) is 14.7. The van der Waals surface area contributed by atoms with Crippen molar-refractivity contribution in [2.45, 2.75) is 31.1 Å². The molecule has 1 amide bonds. The van der Waals surface area contributed by atoms with Crippen molar-refractivity contribution >= 4 is 27.5 Å². The standard InChI is InChI=1S/C17H19N3O6S/c1-12-5-6-13(27(24,25)19-9-3-2-4-10-19)11-14(12)18-17(21)15-7-8-16(26-15)20(22)23/h5-8,11H,2-4,9-10H2,1H3,(H,18,21). The van der Waals surface area contributed by atoms with Gasteiger partial charge in [-0.1, -0.05) is 12.5 Å². The second kappa shape index (κ2) is 7.49. The second-order valence-corrected chi connectivity index (χ2v) is 8.23. The summed E-state index contributed by atoms with van der Waals surface area (Å²) < 4.78 is 31.9. The minimum atomic E-state index is -3.64. The molecule has 0 spiro atoms. The Morgan fingerprint density at radius 1 is 1.19 bits per heavy atom. The van der Waals surface area contributed by atoms with Crippen molar-refractivity contribution in [2.75, 3.05) is 18.4 Å². The van der Waals surface area contributed by atoms with Gasteiger partial charge in [0, 0.05) is 18.8 Å². The highest BCUT2D eigenvalue weighted by molar-refractivity contribution is 7.89. The molecule has 3 rings (SSSR count). The average Bonchev–Trinajstić information content (AvgIpc) is 3.15. The fourth-order valence-electron chi connectivity index (χ4n) is 2.88. The van der Waals surface area contributed by atoms with Crippen LogP contribution in [0.15, 0.2) is 39.6 Å². The van der Waals surface area contributed by atoms with Crippen molar-refractivity contribution in [3.63, 3.8) is 0 Å². The maximum atomic E-state index is 12.8. The molecule has 1 aliphatic heterocycles. The molecule has 0 bridgehead atoms. The fourth-order valence-corrected chi connectivity index (χ4v) is 4.43. The smallest absolute Gasteiger partial charge is 0.395 e. The molecule has 144 valence electrons. The molecule has 1 aromatic carbocycles. The minimum Gasteiger partial charge on any atom is -0.395 e. The van der Waals surface area contributed by atoms with Crippen LogP contribution in [0.1, 0.15) is 35.4 Å². The molecule has 10 heteroatoms. The molecule has 0 aliphatic carbocycles. The number of nitrogens with one attached hydrogen (secondary N) is 1. The summed E-state index contributed by atoms with van der Waals surface area (Å²) in [6, 6.07) is 6.79. The first-order chi connectivity index (χ1) is 12.8. The zero-order valence-corrected chi connectivity index (χ0v) is 15.5. The number of piperidine rings is 1. The summed E-state index contributed by atoms with van der Waals surface area (Å²) in [5.74, 6) is -1.47. The fraction of sp³-hybridized carbons (Fsp3) is 0.353. The third-order valence-corrected chi connectivity index (χ3v) is 6.30. The highest BCUT2D eigenvalue weighted by atomic mass is 32.2. The molecule has 2 aromatic rings. The van der Waals surface area contributed by atoms with Crippen molar-refractivity contribution in [2.24, 2.45) is 0 Å². The number of nitro groups is 1. The first-order valence-electron chi connectivity index (χ1n) is 8.45. The lowest BCUT2D eigenvalue weighted by Gasteiger charge is -2.26. The Bertz CT molecular complexity index is 976. The lowest BCUT2D eigenvalue weighted by atomic mass is 10.2. The quantitative estimate of drug-likeness (QED) is 0.615. The number of hydrogen-bond donors (Lipinski definition) is 1. The number of anilines is 1. The van der Waals surface area contributed by atoms with E-state index in [0.717, 1.165) is 25.3 Å². The number of sulfonamides is 1. The Morgan fingerprint density at radius 2 is 1.89 bits per heavy atom. The number of carbonyl (C=O) groups excluding carboxylic acids is 1. The van der Waals surface area contributed by atoms with E-state index in [-0.39, 0.29) is 10.7 Å². The number of benzene rings is 1. The van der Waals surface area contributed by atoms with Gasteiger partial charge in [-0.25, -0.2) is 8.42 Å². The molecule has 1 saturated heterocycles. The van der Waals surface area contributed by atoms with Gasteiger partial charge in [0.1, 0.15) is 4.92 Å². The number of carbonyl (C=O) groups is 1. The van der Waals surface area contributed by atoms with Gasteiger partial charge in [0.05, 0.1) is 11.0 Å². The van der Waals surface area contributed by atoms with E-state index in [0.29, 0.717) is 24.3 Å². The average molecular weight is 393 g/mol. The summed E-state index contributed by atoms with van der Waals surface area (Å²) in [6.07, 6.45) is 2.66. The molecule has 1 fully saturated rings. The number of aryl methyl sites for hydroxylation is 1. The van der Waals surface area contributed by atoms with Crippen molar-refractivity contribution in [3.8, 4) is 0 Å². The van der Waals surface area contributed by atoms with E-state index >= 15 is 0 Å². The van der Waals surface area contributed by atoms with Gasteiger partial charge < -0.3 is 9.73 Å². The number of furan rings is 1. The van der Waals surface area contributed by atoms with Gasteiger partial charge in [-0.2, -0.15) is 4.31 Å². The van der Waals surface area contributed by atoms with E-state index in [1.165, 1.54) is 22.5 Å². The summed E-state index contributed by atoms with van der Waals surface area (Å²) in [6.45, 7) is 2.68. The Labute approximate surface area is 156 Å². The number of nitrogens with zero attached hydrogens (tertiary/aromatic N) is 2. The van der Waals surface area contributed by atoms with Crippen LogP contribution in [0.4, 0.5) is 11.6 Å². The first kappa shape index (κ1) is 19.1. The Hall–Kier alpha value is -2.72. The van der Waals surface area contributed by atoms with Gasteiger partial charge in [0.15, 0.2) is 5.76 Å². The van der Waals surface area contributed by atoms with Crippen LogP contribution in [0.25, 0.3) is 0 Å². The summed E-state index contributed by atoms with van der Waals surface area (Å²) in [5.41, 5.74) is 0.958. The molecule has 27 heavy (non-hydrogen) atoms. The van der Waals surface area contributed by atoms with Crippen molar-refractivity contribution in [1.29, 1.82) is 0 Å². The molecule has 9 nitrogen and oxygen atoms in total. The summed E-state index contributed by atoms with van der Waals surface area (Å²) in [5, 5.41) is 13.2. The molecule has 0 unspecified atom stereocenters. The van der Waals surface area contributed by atoms with Crippen molar-refractivity contribution < 1.29 is 22.6 Å². The predicted octanol–water partition coefficient (Wildman–Crippen LogP) is 2.92. The Kier molecular flexibility index (Phi) is 5.29. The maximum absolute atomic E-state index is 12.8. The normalized spacial score (nSPS) is 15.4. The van der Waals surface area contributed by atoms with E-state index in [1.807, 2.05) is 0 Å². The molecular formula is C17H19N3O6S. The third kappa shape index (κ3) is 4.01. The predicted molar refractivity (Wildman–Crippen MR) is 97.1 cm³/mol. The van der Waals surface area contributed by atoms with Crippen LogP contribution < -0.4 is 5.32 Å². The zero-order chi connectivity index (χ0) is 19.6. The molecule has 0 atom stereocenters. The molecular weight excluding hydrogens is 374 g/mol. The molecule has 1 aliphatic rings. The molecule has 0 radical (unpaired) electrons. The second-order valence-electron chi connectivity index (χ2n) is 6.29. The molecule has 0 saturated carbocycles. The third-order valence-electron chi connectivity index (χ3n) is 4.41. The Morgan fingerprint density at radius 3 is 2.52 bits per heavy atom. The van der Waals surface area contributed by atoms with Crippen molar-refractivity contribution in [1.82, 2.24) is 4.31 Å². The lowest BCUT2D eigenvalue weighted by Crippen LogP contribution is -2.35.